The Morgan fingerprint density at radius 3 is 2.12 bits per heavy atom. The first-order valence-electron chi connectivity index (χ1n) is 16.0. The maximum atomic E-state index is 14.5. The van der Waals surface area contributed by atoms with Gasteiger partial charge in [-0.1, -0.05) is 23.8 Å². The van der Waals surface area contributed by atoms with E-state index in [4.69, 9.17) is 32.7 Å². The number of halogens is 3. The van der Waals surface area contributed by atoms with Crippen LogP contribution in [0.3, 0.4) is 0 Å². The van der Waals surface area contributed by atoms with Crippen LogP contribution < -0.4 is 19.3 Å². The molecule has 268 valence electrons. The molecule has 0 radical (unpaired) electrons. The second-order valence-corrected chi connectivity index (χ2v) is 14.2. The predicted molar refractivity (Wildman–Crippen MR) is 185 cm³/mol. The minimum absolute atomic E-state index is 0.0272. The van der Waals surface area contributed by atoms with E-state index in [1.165, 1.54) is 44.6 Å². The Morgan fingerprint density at radius 1 is 0.885 bits per heavy atom. The van der Waals surface area contributed by atoms with Gasteiger partial charge >= 0.3 is 5.97 Å². The van der Waals surface area contributed by atoms with Crippen LogP contribution in [0, 0.1) is 29.5 Å². The van der Waals surface area contributed by atoms with Crippen LogP contribution in [0.25, 0.3) is 6.08 Å². The number of benzene rings is 3. The number of phenols is 2. The Balaban J connectivity index is 1.36. The molecule has 3 N–H and O–H groups in total. The number of ether oxygens (including phenoxy) is 2. The summed E-state index contributed by atoms with van der Waals surface area (Å²) in [6.45, 7) is 0. The molecule has 3 aromatic carbocycles. The molecular formula is C37H29Cl2FN2O10. The summed E-state index contributed by atoms with van der Waals surface area (Å²) in [5.74, 6) is -9.79. The van der Waals surface area contributed by atoms with Crippen LogP contribution in [0.1, 0.15) is 28.8 Å². The Hall–Kier alpha value is -5.40. The zero-order valence-electron chi connectivity index (χ0n) is 27.4. The van der Waals surface area contributed by atoms with Crippen molar-refractivity contribution in [3.8, 4) is 23.0 Å². The lowest BCUT2D eigenvalue weighted by atomic mass is 9.57. The first-order chi connectivity index (χ1) is 24.7. The summed E-state index contributed by atoms with van der Waals surface area (Å²) in [6, 6.07) is 11.0. The average molecular weight is 752 g/mol. The molecular weight excluding hydrogens is 722 g/mol. The Kier molecular flexibility index (Phi) is 8.34. The number of imide groups is 2. The van der Waals surface area contributed by atoms with Gasteiger partial charge in [-0.15, -0.1) is 23.2 Å². The summed E-state index contributed by atoms with van der Waals surface area (Å²) >= 11 is 14.7. The van der Waals surface area contributed by atoms with Crippen molar-refractivity contribution in [2.24, 2.45) is 23.7 Å². The summed E-state index contributed by atoms with van der Waals surface area (Å²) < 4.78 is 24.5. The Morgan fingerprint density at radius 2 is 1.52 bits per heavy atom. The van der Waals surface area contributed by atoms with Gasteiger partial charge in [-0.25, -0.2) is 19.0 Å². The van der Waals surface area contributed by atoms with Gasteiger partial charge < -0.3 is 24.8 Å². The number of amides is 4. The van der Waals surface area contributed by atoms with Gasteiger partial charge in [0.1, 0.15) is 17.1 Å². The maximum absolute atomic E-state index is 14.5. The molecule has 2 aliphatic heterocycles. The third-order valence-electron chi connectivity index (χ3n) is 10.4. The SMILES string of the molecule is COc1cc(C=CC2C3=CCC4C(=O)N(c5ccc(C(=O)O)c(O)c5)C(=O)C4C3CC3(Cl)C(=O)N(c4ccc(F)cc4)C(=O)C23Cl)cc(OC)c1O. The average Bonchev–Trinajstić information content (AvgIpc) is 3.46. The van der Waals surface area contributed by atoms with E-state index >= 15 is 0 Å². The molecule has 4 amide bonds. The Labute approximate surface area is 305 Å². The van der Waals surface area contributed by atoms with Crippen molar-refractivity contribution >= 4 is 70.3 Å². The van der Waals surface area contributed by atoms with E-state index in [1.54, 1.807) is 18.2 Å². The fourth-order valence-corrected chi connectivity index (χ4v) is 8.85. The number of nitrogens with zero attached hydrogens (tertiary/aromatic N) is 2. The molecule has 3 fully saturated rings. The number of carbonyl (C=O) groups is 5. The van der Waals surface area contributed by atoms with Gasteiger partial charge in [0.15, 0.2) is 21.2 Å². The van der Waals surface area contributed by atoms with E-state index in [0.717, 1.165) is 34.1 Å². The zero-order chi connectivity index (χ0) is 37.4. The van der Waals surface area contributed by atoms with E-state index in [2.05, 4.69) is 0 Å². The topological polar surface area (TPSA) is 171 Å². The van der Waals surface area contributed by atoms with Crippen molar-refractivity contribution in [2.75, 3.05) is 24.0 Å². The van der Waals surface area contributed by atoms with E-state index in [1.807, 2.05) is 0 Å². The largest absolute Gasteiger partial charge is 0.507 e. The van der Waals surface area contributed by atoms with E-state index < -0.39 is 80.1 Å². The number of carbonyl (C=O) groups excluding carboxylic acids is 4. The van der Waals surface area contributed by atoms with Crippen LogP contribution in [0.5, 0.6) is 23.0 Å². The van der Waals surface area contributed by atoms with Gasteiger partial charge in [0.2, 0.25) is 17.6 Å². The lowest BCUT2D eigenvalue weighted by Crippen LogP contribution is -2.60. The van der Waals surface area contributed by atoms with Crippen LogP contribution in [0.4, 0.5) is 15.8 Å². The molecule has 4 aliphatic rings. The van der Waals surface area contributed by atoms with Crippen molar-refractivity contribution in [2.45, 2.75) is 22.6 Å². The first-order valence-corrected chi connectivity index (χ1v) is 16.7. The first kappa shape index (κ1) is 35.0. The highest BCUT2D eigenvalue weighted by Crippen LogP contribution is 2.63. The molecule has 2 aliphatic carbocycles. The highest BCUT2D eigenvalue weighted by atomic mass is 35.5. The number of aromatic carboxylic acids is 1. The number of hydrogen-bond acceptors (Lipinski definition) is 9. The number of methoxy groups -OCH3 is 2. The number of phenolic OH excluding ortho intramolecular Hbond substituents is 1. The van der Waals surface area contributed by atoms with Crippen molar-refractivity contribution in [3.63, 3.8) is 0 Å². The summed E-state index contributed by atoms with van der Waals surface area (Å²) in [6.07, 6.45) is 4.58. The number of fused-ring (bicyclic) bond motifs is 4. The molecule has 6 unspecified atom stereocenters. The lowest BCUT2D eigenvalue weighted by Gasteiger charge is -2.49. The van der Waals surface area contributed by atoms with Gasteiger partial charge in [-0.05, 0) is 72.9 Å². The molecule has 52 heavy (non-hydrogen) atoms. The number of alkyl halides is 2. The fraction of sp³-hybridized carbons (Fsp3) is 0.270. The number of hydrogen-bond donors (Lipinski definition) is 3. The smallest absolute Gasteiger partial charge is 0.339 e. The number of aromatic hydroxyl groups is 2. The van der Waals surface area contributed by atoms with Crippen molar-refractivity contribution in [1.82, 2.24) is 0 Å². The molecule has 3 aromatic rings. The second kappa shape index (κ2) is 12.4. The minimum atomic E-state index is -2.17. The highest BCUT2D eigenvalue weighted by Gasteiger charge is 2.76. The number of anilines is 2. The van der Waals surface area contributed by atoms with Crippen molar-refractivity contribution < 1.29 is 53.2 Å². The molecule has 0 spiro atoms. The monoisotopic (exact) mass is 750 g/mol. The van der Waals surface area contributed by atoms with Gasteiger partial charge in [0, 0.05) is 12.0 Å². The minimum Gasteiger partial charge on any atom is -0.507 e. The number of rotatable bonds is 7. The molecule has 2 saturated heterocycles. The van der Waals surface area contributed by atoms with Crippen LogP contribution in [-0.4, -0.2) is 68.9 Å². The number of carboxylic acids is 1. The van der Waals surface area contributed by atoms with Crippen molar-refractivity contribution in [1.29, 1.82) is 0 Å². The molecule has 0 aromatic heterocycles. The zero-order valence-corrected chi connectivity index (χ0v) is 28.9. The Bertz CT molecular complexity index is 2130. The molecule has 6 atom stereocenters. The van der Waals surface area contributed by atoms with Gasteiger partial charge in [-0.3, -0.25) is 19.2 Å². The van der Waals surface area contributed by atoms with E-state index in [-0.39, 0.29) is 41.5 Å². The van der Waals surface area contributed by atoms with E-state index in [9.17, 15) is 43.7 Å². The molecule has 7 rings (SSSR count). The molecule has 2 heterocycles. The standard InChI is InChI=1S/C37H29Cl2FN2O10/c1-51-27-13-17(14-28(52-2)30(27)44)3-12-25-21-10-11-23-29(32(46)41(31(23)45)20-8-9-22(33(47)48)26(43)15-20)24(21)16-36(38)34(49)42(35(50)37(25,36)39)19-6-4-18(40)5-7-19/h3-10,12-15,23-25,29,43-44H,11,16H2,1-2H3,(H,47,48). The number of carboxylic acid groups (broad SMARTS) is 1. The lowest BCUT2D eigenvalue weighted by molar-refractivity contribution is -0.125. The van der Waals surface area contributed by atoms with Crippen molar-refractivity contribution in [3.05, 3.63) is 89.3 Å². The summed E-state index contributed by atoms with van der Waals surface area (Å²) in [5.41, 5.74) is 0.485. The van der Waals surface area contributed by atoms with Gasteiger partial charge in [0.05, 0.1) is 37.4 Å². The fourth-order valence-electron chi connectivity index (χ4n) is 7.96. The molecule has 1 saturated carbocycles. The highest BCUT2D eigenvalue weighted by molar-refractivity contribution is 6.58. The number of allylic oxidation sites excluding steroid dienone is 3. The van der Waals surface area contributed by atoms with E-state index in [0.29, 0.717) is 11.1 Å². The quantitative estimate of drug-likeness (QED) is 0.164. The van der Waals surface area contributed by atoms with Crippen LogP contribution in [-0.2, 0) is 19.2 Å². The second-order valence-electron chi connectivity index (χ2n) is 12.9. The maximum Gasteiger partial charge on any atom is 0.339 e. The van der Waals surface area contributed by atoms with Crippen LogP contribution in [0.15, 0.2) is 72.3 Å². The van der Waals surface area contributed by atoms with Gasteiger partial charge in [0.25, 0.3) is 11.8 Å². The van der Waals surface area contributed by atoms with Crippen LogP contribution >= 0.6 is 23.2 Å². The third-order valence-corrected chi connectivity index (χ3v) is 11.8. The third kappa shape index (κ3) is 4.90. The molecule has 12 nitrogen and oxygen atoms in total. The molecule has 15 heteroatoms. The molecule has 0 bridgehead atoms. The summed E-state index contributed by atoms with van der Waals surface area (Å²) in [5, 5.41) is 30.2. The summed E-state index contributed by atoms with van der Waals surface area (Å²) in [7, 11) is 2.70. The summed E-state index contributed by atoms with van der Waals surface area (Å²) in [4.78, 5) is 65.8. The normalized spacial score (nSPS) is 28.1. The predicted octanol–water partition coefficient (Wildman–Crippen LogP) is 5.27. The van der Waals surface area contributed by atoms with Crippen LogP contribution in [0.2, 0.25) is 0 Å². The van der Waals surface area contributed by atoms with Gasteiger partial charge in [-0.2, -0.15) is 0 Å².